The quantitative estimate of drug-likeness (QED) is 0.510. The minimum atomic E-state index is -0.316. The molecule has 0 bridgehead atoms. The second-order valence-electron chi connectivity index (χ2n) is 4.63. The number of aryl methyl sites for hydroxylation is 2. The van der Waals surface area contributed by atoms with Crippen LogP contribution in [0.2, 0.25) is 0 Å². The molecule has 0 aliphatic carbocycles. The molecule has 0 atom stereocenters. The summed E-state index contributed by atoms with van der Waals surface area (Å²) in [5.74, 6) is -0.316. The first-order valence-electron chi connectivity index (χ1n) is 6.33. The summed E-state index contributed by atoms with van der Waals surface area (Å²) in [4.78, 5) is 11.9. The lowest BCUT2D eigenvalue weighted by Gasteiger charge is -2.03. The van der Waals surface area contributed by atoms with Gasteiger partial charge in [-0.25, -0.2) is 5.43 Å². The van der Waals surface area contributed by atoms with Crippen LogP contribution >= 0.6 is 0 Å². The molecule has 3 N–H and O–H groups in total. The zero-order valence-corrected chi connectivity index (χ0v) is 11.6. The van der Waals surface area contributed by atoms with E-state index in [1.54, 1.807) is 30.5 Å². The number of hydrazone groups is 1. The van der Waals surface area contributed by atoms with E-state index in [0.717, 1.165) is 5.56 Å². The fourth-order valence-electron chi connectivity index (χ4n) is 1.77. The van der Waals surface area contributed by atoms with Crippen molar-refractivity contribution in [1.82, 2.24) is 5.43 Å². The lowest BCUT2D eigenvalue weighted by molar-refractivity contribution is 0.0956. The summed E-state index contributed by atoms with van der Waals surface area (Å²) in [6, 6.07) is 12.9. The number of carbonyl (C=O) groups excluding carboxylic acids is 1. The average Bonchev–Trinajstić information content (AvgIpc) is 2.43. The molecular weight excluding hydrogens is 250 g/mol. The third-order valence-corrected chi connectivity index (χ3v) is 3.12. The number of para-hydroxylation sites is 1. The van der Waals surface area contributed by atoms with Gasteiger partial charge in [0.1, 0.15) is 0 Å². The Bertz CT molecular complexity index is 663. The van der Waals surface area contributed by atoms with E-state index in [1.807, 2.05) is 25.1 Å². The summed E-state index contributed by atoms with van der Waals surface area (Å²) in [6.07, 6.45) is 1.61. The highest BCUT2D eigenvalue weighted by Crippen LogP contribution is 2.10. The summed E-state index contributed by atoms with van der Waals surface area (Å²) in [7, 11) is 0. The number of benzene rings is 2. The van der Waals surface area contributed by atoms with Crippen LogP contribution < -0.4 is 11.2 Å². The number of carbonyl (C=O) groups is 1. The Morgan fingerprint density at radius 1 is 1.15 bits per heavy atom. The Balaban J connectivity index is 2.05. The van der Waals surface area contributed by atoms with E-state index in [-0.39, 0.29) is 5.91 Å². The van der Waals surface area contributed by atoms with Gasteiger partial charge in [-0.2, -0.15) is 5.10 Å². The minimum Gasteiger partial charge on any atom is -0.398 e. The first-order valence-corrected chi connectivity index (χ1v) is 6.33. The van der Waals surface area contributed by atoms with Crippen molar-refractivity contribution in [3.63, 3.8) is 0 Å². The summed E-state index contributed by atoms with van der Waals surface area (Å²) in [5, 5.41) is 3.95. The van der Waals surface area contributed by atoms with Crippen molar-refractivity contribution in [2.75, 3.05) is 5.73 Å². The van der Waals surface area contributed by atoms with Crippen LogP contribution in [0.25, 0.3) is 0 Å². The standard InChI is InChI=1S/C16H17N3O/c1-11-7-8-13(9-12(11)2)10-18-19-16(20)14-5-3-4-6-15(14)17/h3-10H,17H2,1-2H3,(H,19,20). The first kappa shape index (κ1) is 13.8. The molecule has 0 unspecified atom stereocenters. The maximum absolute atomic E-state index is 11.9. The molecule has 2 rings (SSSR count). The molecule has 4 nitrogen and oxygen atoms in total. The number of hydrogen-bond acceptors (Lipinski definition) is 3. The fourth-order valence-corrected chi connectivity index (χ4v) is 1.77. The van der Waals surface area contributed by atoms with Crippen LogP contribution in [0.5, 0.6) is 0 Å². The van der Waals surface area contributed by atoms with E-state index in [4.69, 9.17) is 5.73 Å². The summed E-state index contributed by atoms with van der Waals surface area (Å²) in [6.45, 7) is 4.09. The fraction of sp³-hybridized carbons (Fsp3) is 0.125. The molecule has 2 aromatic rings. The topological polar surface area (TPSA) is 67.5 Å². The van der Waals surface area contributed by atoms with Gasteiger partial charge in [0.25, 0.3) is 5.91 Å². The van der Waals surface area contributed by atoms with Gasteiger partial charge in [0.15, 0.2) is 0 Å². The smallest absolute Gasteiger partial charge is 0.273 e. The highest BCUT2D eigenvalue weighted by molar-refractivity contribution is 5.99. The number of nitrogen functional groups attached to an aromatic ring is 1. The van der Waals surface area contributed by atoms with Crippen molar-refractivity contribution in [3.05, 3.63) is 64.7 Å². The zero-order chi connectivity index (χ0) is 14.5. The Hall–Kier alpha value is -2.62. The summed E-state index contributed by atoms with van der Waals surface area (Å²) in [5.41, 5.74) is 12.4. The average molecular weight is 267 g/mol. The molecule has 20 heavy (non-hydrogen) atoms. The molecule has 0 aliphatic heterocycles. The van der Waals surface area contributed by atoms with Gasteiger partial charge in [0.2, 0.25) is 0 Å². The maximum Gasteiger partial charge on any atom is 0.273 e. The van der Waals surface area contributed by atoms with Crippen molar-refractivity contribution < 1.29 is 4.79 Å². The van der Waals surface area contributed by atoms with Gasteiger partial charge < -0.3 is 5.73 Å². The molecule has 1 amide bonds. The minimum absolute atomic E-state index is 0.316. The largest absolute Gasteiger partial charge is 0.398 e. The normalized spacial score (nSPS) is 10.7. The molecule has 2 aromatic carbocycles. The Morgan fingerprint density at radius 3 is 2.60 bits per heavy atom. The van der Waals surface area contributed by atoms with E-state index in [1.165, 1.54) is 11.1 Å². The predicted octanol–water partition coefficient (Wildman–Crippen LogP) is 2.65. The maximum atomic E-state index is 11.9. The Morgan fingerprint density at radius 2 is 1.90 bits per heavy atom. The van der Waals surface area contributed by atoms with Crippen LogP contribution in [0.1, 0.15) is 27.0 Å². The van der Waals surface area contributed by atoms with E-state index < -0.39 is 0 Å². The molecule has 0 heterocycles. The van der Waals surface area contributed by atoms with Crippen LogP contribution in [-0.4, -0.2) is 12.1 Å². The van der Waals surface area contributed by atoms with Gasteiger partial charge in [0.05, 0.1) is 11.8 Å². The number of hydrogen-bond donors (Lipinski definition) is 2. The summed E-state index contributed by atoms with van der Waals surface area (Å²) < 4.78 is 0. The van der Waals surface area contributed by atoms with Gasteiger partial charge in [-0.05, 0) is 42.7 Å². The molecule has 0 aliphatic rings. The van der Waals surface area contributed by atoms with E-state index >= 15 is 0 Å². The molecule has 102 valence electrons. The van der Waals surface area contributed by atoms with E-state index in [0.29, 0.717) is 11.3 Å². The number of nitrogens with two attached hydrogens (primary N) is 1. The molecule has 0 aromatic heterocycles. The lowest BCUT2D eigenvalue weighted by atomic mass is 10.1. The van der Waals surface area contributed by atoms with Crippen molar-refractivity contribution in [2.45, 2.75) is 13.8 Å². The molecular formula is C16H17N3O. The highest BCUT2D eigenvalue weighted by Gasteiger charge is 2.06. The van der Waals surface area contributed by atoms with Gasteiger partial charge in [-0.15, -0.1) is 0 Å². The second kappa shape index (κ2) is 6.02. The van der Waals surface area contributed by atoms with Crippen molar-refractivity contribution in [3.8, 4) is 0 Å². The zero-order valence-electron chi connectivity index (χ0n) is 11.6. The van der Waals surface area contributed by atoms with Crippen LogP contribution in [0, 0.1) is 13.8 Å². The third kappa shape index (κ3) is 3.23. The Kier molecular flexibility index (Phi) is 4.15. The number of nitrogens with zero attached hydrogens (tertiary/aromatic N) is 1. The van der Waals surface area contributed by atoms with Gasteiger partial charge in [-0.3, -0.25) is 4.79 Å². The highest BCUT2D eigenvalue weighted by atomic mass is 16.2. The summed E-state index contributed by atoms with van der Waals surface area (Å²) >= 11 is 0. The van der Waals surface area contributed by atoms with Gasteiger partial charge in [-0.1, -0.05) is 30.3 Å². The van der Waals surface area contributed by atoms with Gasteiger partial charge >= 0.3 is 0 Å². The molecule has 0 radical (unpaired) electrons. The van der Waals surface area contributed by atoms with E-state index in [2.05, 4.69) is 17.5 Å². The lowest BCUT2D eigenvalue weighted by Crippen LogP contribution is -2.19. The van der Waals surface area contributed by atoms with Crippen molar-refractivity contribution in [1.29, 1.82) is 0 Å². The molecule has 0 fully saturated rings. The molecule has 0 saturated carbocycles. The Labute approximate surface area is 118 Å². The predicted molar refractivity (Wildman–Crippen MR) is 81.8 cm³/mol. The van der Waals surface area contributed by atoms with Crippen LogP contribution in [-0.2, 0) is 0 Å². The number of rotatable bonds is 3. The van der Waals surface area contributed by atoms with Crippen LogP contribution in [0.3, 0.4) is 0 Å². The van der Waals surface area contributed by atoms with E-state index in [9.17, 15) is 4.79 Å². The monoisotopic (exact) mass is 267 g/mol. The third-order valence-electron chi connectivity index (χ3n) is 3.12. The number of amides is 1. The van der Waals surface area contributed by atoms with Crippen molar-refractivity contribution >= 4 is 17.8 Å². The SMILES string of the molecule is Cc1ccc(C=NNC(=O)c2ccccc2N)cc1C. The molecule has 0 saturated heterocycles. The van der Waals surface area contributed by atoms with Crippen molar-refractivity contribution in [2.24, 2.45) is 5.10 Å². The second-order valence-corrected chi connectivity index (χ2v) is 4.63. The van der Waals surface area contributed by atoms with Crippen LogP contribution in [0.4, 0.5) is 5.69 Å². The first-order chi connectivity index (χ1) is 9.58. The number of anilines is 1. The number of nitrogens with one attached hydrogen (secondary N) is 1. The molecule has 0 spiro atoms. The van der Waals surface area contributed by atoms with Crippen LogP contribution in [0.15, 0.2) is 47.6 Å². The van der Waals surface area contributed by atoms with Gasteiger partial charge in [0, 0.05) is 5.69 Å². The molecule has 4 heteroatoms.